The van der Waals surface area contributed by atoms with E-state index in [0.717, 1.165) is 28.3 Å². The van der Waals surface area contributed by atoms with Crippen LogP contribution in [0.3, 0.4) is 0 Å². The Bertz CT molecular complexity index is 902. The van der Waals surface area contributed by atoms with Gasteiger partial charge in [0.15, 0.2) is 0 Å². The van der Waals surface area contributed by atoms with Gasteiger partial charge in [-0.2, -0.15) is 4.98 Å². The third kappa shape index (κ3) is 2.16. The first-order valence-electron chi connectivity index (χ1n) is 7.21. The Morgan fingerprint density at radius 1 is 1.14 bits per heavy atom. The van der Waals surface area contributed by atoms with Gasteiger partial charge in [0.25, 0.3) is 0 Å². The highest BCUT2D eigenvalue weighted by atomic mass is 35.5. The molecule has 0 spiro atoms. The fourth-order valence-electron chi connectivity index (χ4n) is 3.00. The highest BCUT2D eigenvalue weighted by molar-refractivity contribution is 6.30. The molecule has 0 amide bonds. The first-order chi connectivity index (χ1) is 10.7. The average molecular weight is 312 g/mol. The molecule has 1 N–H and O–H groups in total. The van der Waals surface area contributed by atoms with E-state index in [-0.39, 0.29) is 11.6 Å². The standard InChI is InChI=1S/C17H14ClN3O/c18-13-7-5-11(6-8-13)12-9-19-16-14-3-1-2-4-15(14)20-17(22)21(16)10-12/h1-8,12,19H,9-10H2/t12-/m0/s1. The Morgan fingerprint density at radius 2 is 1.91 bits per heavy atom. The minimum absolute atomic E-state index is 0.208. The van der Waals surface area contributed by atoms with Gasteiger partial charge in [-0.1, -0.05) is 35.9 Å². The van der Waals surface area contributed by atoms with E-state index in [1.807, 2.05) is 48.5 Å². The van der Waals surface area contributed by atoms with E-state index in [4.69, 9.17) is 11.6 Å². The van der Waals surface area contributed by atoms with Crippen molar-refractivity contribution in [3.63, 3.8) is 0 Å². The zero-order valence-electron chi connectivity index (χ0n) is 11.8. The predicted octanol–water partition coefficient (Wildman–Crippen LogP) is 3.26. The molecule has 2 heterocycles. The van der Waals surface area contributed by atoms with Crippen molar-refractivity contribution in [3.8, 4) is 0 Å². The molecule has 0 fully saturated rings. The van der Waals surface area contributed by atoms with Gasteiger partial charge in [0.1, 0.15) is 5.82 Å². The van der Waals surface area contributed by atoms with Crippen LogP contribution in [0.4, 0.5) is 5.82 Å². The van der Waals surface area contributed by atoms with Gasteiger partial charge in [0, 0.05) is 29.4 Å². The number of hydrogen-bond acceptors (Lipinski definition) is 3. The van der Waals surface area contributed by atoms with Gasteiger partial charge in [0.05, 0.1) is 5.52 Å². The minimum Gasteiger partial charge on any atom is -0.370 e. The summed E-state index contributed by atoms with van der Waals surface area (Å²) in [5.41, 5.74) is 1.69. The SMILES string of the molecule is O=c1nc2ccccc2c2n1C[C@@H](c1ccc(Cl)cc1)CN2. The molecule has 0 saturated heterocycles. The maximum atomic E-state index is 12.3. The monoisotopic (exact) mass is 311 g/mol. The van der Waals surface area contributed by atoms with Crippen molar-refractivity contribution in [1.82, 2.24) is 9.55 Å². The molecule has 0 aliphatic carbocycles. The Hall–Kier alpha value is -2.33. The van der Waals surface area contributed by atoms with Crippen molar-refractivity contribution >= 4 is 28.3 Å². The number of para-hydroxylation sites is 1. The Labute approximate surface area is 132 Å². The summed E-state index contributed by atoms with van der Waals surface area (Å²) in [7, 11) is 0. The van der Waals surface area contributed by atoms with Crippen LogP contribution in [0, 0.1) is 0 Å². The van der Waals surface area contributed by atoms with E-state index < -0.39 is 0 Å². The number of halogens is 1. The maximum absolute atomic E-state index is 12.3. The van der Waals surface area contributed by atoms with Gasteiger partial charge in [0.2, 0.25) is 0 Å². The van der Waals surface area contributed by atoms with Crippen molar-refractivity contribution in [2.75, 3.05) is 11.9 Å². The zero-order chi connectivity index (χ0) is 15.1. The number of hydrogen-bond donors (Lipinski definition) is 1. The van der Waals surface area contributed by atoms with Crippen molar-refractivity contribution < 1.29 is 0 Å². The van der Waals surface area contributed by atoms with Crippen molar-refractivity contribution in [1.29, 1.82) is 0 Å². The van der Waals surface area contributed by atoms with Crippen LogP contribution in [-0.2, 0) is 6.54 Å². The van der Waals surface area contributed by atoms with Crippen LogP contribution in [-0.4, -0.2) is 16.1 Å². The second-order valence-electron chi connectivity index (χ2n) is 5.50. The molecule has 110 valence electrons. The lowest BCUT2D eigenvalue weighted by atomic mass is 9.97. The summed E-state index contributed by atoms with van der Waals surface area (Å²) in [6, 6.07) is 15.5. The molecular weight excluding hydrogens is 298 g/mol. The molecule has 0 saturated carbocycles. The second-order valence-corrected chi connectivity index (χ2v) is 5.94. The van der Waals surface area contributed by atoms with E-state index in [1.165, 1.54) is 5.56 Å². The molecule has 22 heavy (non-hydrogen) atoms. The van der Waals surface area contributed by atoms with Crippen molar-refractivity contribution in [2.24, 2.45) is 0 Å². The lowest BCUT2D eigenvalue weighted by molar-refractivity contribution is 0.530. The lowest BCUT2D eigenvalue weighted by Crippen LogP contribution is -2.35. The van der Waals surface area contributed by atoms with Gasteiger partial charge in [-0.05, 0) is 29.8 Å². The number of rotatable bonds is 1. The Balaban J connectivity index is 1.79. The highest BCUT2D eigenvalue weighted by Crippen LogP contribution is 2.29. The van der Waals surface area contributed by atoms with Crippen LogP contribution in [0.5, 0.6) is 0 Å². The molecule has 4 nitrogen and oxygen atoms in total. The van der Waals surface area contributed by atoms with Crippen LogP contribution in [0.25, 0.3) is 10.9 Å². The Morgan fingerprint density at radius 3 is 2.73 bits per heavy atom. The van der Waals surface area contributed by atoms with Gasteiger partial charge >= 0.3 is 5.69 Å². The fraction of sp³-hybridized carbons (Fsp3) is 0.176. The largest absolute Gasteiger partial charge is 0.370 e. The number of benzene rings is 2. The smallest absolute Gasteiger partial charge is 0.349 e. The van der Waals surface area contributed by atoms with Gasteiger partial charge in [-0.3, -0.25) is 4.57 Å². The molecular formula is C17H14ClN3O. The molecule has 2 aromatic carbocycles. The summed E-state index contributed by atoms with van der Waals surface area (Å²) in [6.07, 6.45) is 0. The molecule has 1 aliphatic rings. The molecule has 5 heteroatoms. The third-order valence-electron chi connectivity index (χ3n) is 4.14. The number of nitrogens with one attached hydrogen (secondary N) is 1. The molecule has 1 atom stereocenters. The molecule has 3 aromatic rings. The predicted molar refractivity (Wildman–Crippen MR) is 88.7 cm³/mol. The van der Waals surface area contributed by atoms with E-state index >= 15 is 0 Å². The minimum atomic E-state index is -0.208. The molecule has 0 bridgehead atoms. The lowest BCUT2D eigenvalue weighted by Gasteiger charge is -2.28. The molecule has 4 rings (SSSR count). The van der Waals surface area contributed by atoms with E-state index in [9.17, 15) is 4.79 Å². The molecule has 1 aliphatic heterocycles. The van der Waals surface area contributed by atoms with Crippen molar-refractivity contribution in [3.05, 3.63) is 69.6 Å². The molecule has 1 aromatic heterocycles. The topological polar surface area (TPSA) is 46.9 Å². The van der Waals surface area contributed by atoms with E-state index in [1.54, 1.807) is 4.57 Å². The van der Waals surface area contributed by atoms with Gasteiger partial charge in [-0.25, -0.2) is 4.79 Å². The summed E-state index contributed by atoms with van der Waals surface area (Å²) in [5.74, 6) is 1.09. The second kappa shape index (κ2) is 5.14. The zero-order valence-corrected chi connectivity index (χ0v) is 12.5. The fourth-order valence-corrected chi connectivity index (χ4v) is 3.12. The highest BCUT2D eigenvalue weighted by Gasteiger charge is 2.22. The van der Waals surface area contributed by atoms with Gasteiger partial charge in [-0.15, -0.1) is 0 Å². The number of nitrogens with zero attached hydrogens (tertiary/aromatic N) is 2. The summed E-state index contributed by atoms with van der Waals surface area (Å²) in [4.78, 5) is 16.5. The summed E-state index contributed by atoms with van der Waals surface area (Å²) in [5, 5.41) is 5.10. The third-order valence-corrected chi connectivity index (χ3v) is 4.39. The number of aromatic nitrogens is 2. The first kappa shape index (κ1) is 13.3. The normalized spacial score (nSPS) is 17.0. The van der Waals surface area contributed by atoms with Crippen LogP contribution in [0.15, 0.2) is 53.3 Å². The summed E-state index contributed by atoms with van der Waals surface area (Å²) >= 11 is 5.94. The maximum Gasteiger partial charge on any atom is 0.349 e. The first-order valence-corrected chi connectivity index (χ1v) is 7.59. The number of anilines is 1. The van der Waals surface area contributed by atoms with Crippen LogP contribution >= 0.6 is 11.6 Å². The number of fused-ring (bicyclic) bond motifs is 3. The summed E-state index contributed by atoms with van der Waals surface area (Å²) in [6.45, 7) is 1.41. The van der Waals surface area contributed by atoms with E-state index in [2.05, 4.69) is 10.3 Å². The Kier molecular flexibility index (Phi) is 3.12. The summed E-state index contributed by atoms with van der Waals surface area (Å²) < 4.78 is 1.73. The van der Waals surface area contributed by atoms with Crippen LogP contribution in [0.1, 0.15) is 11.5 Å². The van der Waals surface area contributed by atoms with Crippen LogP contribution < -0.4 is 11.0 Å². The molecule has 0 radical (unpaired) electrons. The molecule has 0 unspecified atom stereocenters. The van der Waals surface area contributed by atoms with Crippen molar-refractivity contribution in [2.45, 2.75) is 12.5 Å². The van der Waals surface area contributed by atoms with Gasteiger partial charge < -0.3 is 5.32 Å². The average Bonchev–Trinajstić information content (AvgIpc) is 2.55. The quantitative estimate of drug-likeness (QED) is 0.750. The van der Waals surface area contributed by atoms with E-state index in [0.29, 0.717) is 6.54 Å². The van der Waals surface area contributed by atoms with Crippen LogP contribution in [0.2, 0.25) is 5.02 Å².